The molecule has 0 aliphatic carbocycles. The Balaban J connectivity index is 2.49. The van der Waals surface area contributed by atoms with Gasteiger partial charge in [0.15, 0.2) is 0 Å². The van der Waals surface area contributed by atoms with Gasteiger partial charge in [0.05, 0.1) is 17.6 Å². The number of aromatic carboxylic acids is 1. The zero-order chi connectivity index (χ0) is 15.7. The van der Waals surface area contributed by atoms with Gasteiger partial charge in [0.1, 0.15) is 18.2 Å². The van der Waals surface area contributed by atoms with E-state index < -0.39 is 5.97 Å². The first kappa shape index (κ1) is 14.3. The Morgan fingerprint density at radius 3 is 2.59 bits per heavy atom. The predicted octanol–water partition coefficient (Wildman–Crippen LogP) is 3.30. The minimum Gasteiger partial charge on any atom is -0.493 e. The average molecular weight is 296 g/mol. The number of benzene rings is 2. The molecule has 0 unspecified atom stereocenters. The van der Waals surface area contributed by atoms with E-state index in [0.717, 1.165) is 22.8 Å². The van der Waals surface area contributed by atoms with Crippen LogP contribution in [0.25, 0.3) is 21.8 Å². The summed E-state index contributed by atoms with van der Waals surface area (Å²) in [6.07, 6.45) is 0.874. The molecule has 3 aromatic rings. The Bertz CT molecular complexity index is 871. The summed E-state index contributed by atoms with van der Waals surface area (Å²) in [6.45, 7) is 2.59. The second kappa shape index (κ2) is 5.64. The lowest BCUT2D eigenvalue weighted by Gasteiger charge is -2.11. The molecule has 4 nitrogen and oxygen atoms in total. The summed E-state index contributed by atoms with van der Waals surface area (Å²) in [4.78, 5) is 11.9. The number of hydrogen-bond acceptors (Lipinski definition) is 2. The van der Waals surface area contributed by atoms with Gasteiger partial charge < -0.3 is 9.84 Å². The number of hydrogen-bond donors (Lipinski definition) is 1. The number of aryl methyl sites for hydroxylation is 1. The van der Waals surface area contributed by atoms with Crippen molar-refractivity contribution in [2.24, 2.45) is 7.05 Å². The van der Waals surface area contributed by atoms with Crippen molar-refractivity contribution in [2.75, 3.05) is 6.61 Å². The van der Waals surface area contributed by atoms with Crippen molar-refractivity contribution in [2.45, 2.75) is 13.3 Å². The van der Waals surface area contributed by atoms with Gasteiger partial charge in [-0.2, -0.15) is 4.57 Å². The topological polar surface area (TPSA) is 50.4 Å². The van der Waals surface area contributed by atoms with Gasteiger partial charge in [-0.3, -0.25) is 0 Å². The summed E-state index contributed by atoms with van der Waals surface area (Å²) in [5, 5.41) is 11.1. The minimum atomic E-state index is -0.936. The maximum absolute atomic E-state index is 11.9. The van der Waals surface area contributed by atoms with Gasteiger partial charge in [0, 0.05) is 12.1 Å². The average Bonchev–Trinajstić information content (AvgIpc) is 2.53. The Morgan fingerprint density at radius 1 is 1.14 bits per heavy atom. The standard InChI is InChI=1S/C18H17NO3/c1-3-11-22-15-10-6-9-14-17(15)16(18(20)21)12-7-4-5-8-13(12)19(14)2/h4-10H,3,11H2,1-2H3/p+1. The van der Waals surface area contributed by atoms with Crippen molar-refractivity contribution in [3.8, 4) is 5.75 Å². The van der Waals surface area contributed by atoms with E-state index in [-0.39, 0.29) is 0 Å². The van der Waals surface area contributed by atoms with Crippen molar-refractivity contribution < 1.29 is 19.2 Å². The van der Waals surface area contributed by atoms with Crippen molar-refractivity contribution in [1.82, 2.24) is 0 Å². The third kappa shape index (κ3) is 2.17. The number of para-hydroxylation sites is 1. The van der Waals surface area contributed by atoms with Crippen LogP contribution in [-0.2, 0) is 7.05 Å². The quantitative estimate of drug-likeness (QED) is 0.593. The number of rotatable bonds is 4. The largest absolute Gasteiger partial charge is 0.493 e. The Hall–Kier alpha value is -2.62. The molecular formula is C18H18NO3+. The molecule has 0 radical (unpaired) electrons. The van der Waals surface area contributed by atoms with Crippen molar-refractivity contribution in [1.29, 1.82) is 0 Å². The summed E-state index contributed by atoms with van der Waals surface area (Å²) in [6, 6.07) is 13.2. The molecule has 0 saturated carbocycles. The zero-order valence-electron chi connectivity index (χ0n) is 12.7. The van der Waals surface area contributed by atoms with Crippen LogP contribution in [-0.4, -0.2) is 17.7 Å². The zero-order valence-corrected chi connectivity index (χ0v) is 12.7. The second-order valence-electron chi connectivity index (χ2n) is 5.26. The highest BCUT2D eigenvalue weighted by Crippen LogP contribution is 2.31. The van der Waals surface area contributed by atoms with E-state index in [2.05, 4.69) is 0 Å². The first-order chi connectivity index (χ1) is 10.6. The Kier molecular flexibility index (Phi) is 3.67. The molecule has 0 aliphatic rings. The van der Waals surface area contributed by atoms with Gasteiger partial charge in [-0.15, -0.1) is 0 Å². The highest BCUT2D eigenvalue weighted by Gasteiger charge is 2.24. The first-order valence-corrected chi connectivity index (χ1v) is 7.34. The number of pyridine rings is 1. The Morgan fingerprint density at radius 2 is 1.86 bits per heavy atom. The molecule has 1 N–H and O–H groups in total. The van der Waals surface area contributed by atoms with Gasteiger partial charge in [-0.05, 0) is 18.6 Å². The molecule has 4 heteroatoms. The van der Waals surface area contributed by atoms with E-state index in [4.69, 9.17) is 4.74 Å². The number of fused-ring (bicyclic) bond motifs is 2. The molecule has 3 rings (SSSR count). The maximum atomic E-state index is 11.9. The maximum Gasteiger partial charge on any atom is 0.337 e. The SMILES string of the molecule is CCCOc1cccc2c1c(C(=O)O)c1ccccc1[n+]2C. The highest BCUT2D eigenvalue weighted by molar-refractivity contribution is 6.13. The normalized spacial score (nSPS) is 11.0. The lowest BCUT2D eigenvalue weighted by molar-refractivity contribution is -0.617. The lowest BCUT2D eigenvalue weighted by atomic mass is 10.0. The van der Waals surface area contributed by atoms with E-state index in [1.165, 1.54) is 0 Å². The van der Waals surface area contributed by atoms with Gasteiger partial charge in [-0.1, -0.05) is 25.1 Å². The van der Waals surface area contributed by atoms with Crippen LogP contribution in [0, 0.1) is 0 Å². The summed E-state index contributed by atoms with van der Waals surface area (Å²) >= 11 is 0. The number of nitrogens with zero attached hydrogens (tertiary/aromatic N) is 1. The van der Waals surface area contributed by atoms with Gasteiger partial charge in [-0.25, -0.2) is 4.79 Å². The van der Waals surface area contributed by atoms with Gasteiger partial charge in [0.2, 0.25) is 11.0 Å². The van der Waals surface area contributed by atoms with Gasteiger partial charge in [0.25, 0.3) is 0 Å². The monoisotopic (exact) mass is 296 g/mol. The van der Waals surface area contributed by atoms with Crippen LogP contribution < -0.4 is 9.30 Å². The van der Waals surface area contributed by atoms with E-state index in [1.54, 1.807) is 0 Å². The van der Waals surface area contributed by atoms with E-state index in [1.807, 2.05) is 61.0 Å². The van der Waals surface area contributed by atoms with Gasteiger partial charge >= 0.3 is 5.97 Å². The molecule has 0 amide bonds. The van der Waals surface area contributed by atoms with E-state index in [9.17, 15) is 9.90 Å². The number of carboxylic acids is 1. The van der Waals surface area contributed by atoms with Crippen LogP contribution in [0.1, 0.15) is 23.7 Å². The van der Waals surface area contributed by atoms with E-state index >= 15 is 0 Å². The summed E-state index contributed by atoms with van der Waals surface area (Å²) in [5.41, 5.74) is 2.04. The minimum absolute atomic E-state index is 0.301. The molecule has 112 valence electrons. The van der Waals surface area contributed by atoms with Crippen LogP contribution in [0.15, 0.2) is 42.5 Å². The van der Waals surface area contributed by atoms with Crippen LogP contribution in [0.2, 0.25) is 0 Å². The molecule has 2 aromatic carbocycles. The Labute approximate surface area is 128 Å². The predicted molar refractivity (Wildman–Crippen MR) is 85.4 cm³/mol. The molecule has 0 spiro atoms. The number of aromatic nitrogens is 1. The molecule has 1 aromatic heterocycles. The van der Waals surface area contributed by atoms with Crippen LogP contribution in [0.4, 0.5) is 0 Å². The van der Waals surface area contributed by atoms with Crippen LogP contribution in [0.3, 0.4) is 0 Å². The molecular weight excluding hydrogens is 278 g/mol. The smallest absolute Gasteiger partial charge is 0.337 e. The van der Waals surface area contributed by atoms with E-state index in [0.29, 0.717) is 23.3 Å². The number of carboxylic acid groups (broad SMARTS) is 1. The fourth-order valence-corrected chi connectivity index (χ4v) is 2.85. The molecule has 0 fully saturated rings. The summed E-state index contributed by atoms with van der Waals surface area (Å²) in [5.74, 6) is -0.313. The molecule has 0 bridgehead atoms. The lowest BCUT2D eigenvalue weighted by Crippen LogP contribution is -2.31. The third-order valence-electron chi connectivity index (χ3n) is 3.83. The van der Waals surface area contributed by atoms with Crippen LogP contribution >= 0.6 is 0 Å². The molecule has 0 aliphatic heterocycles. The third-order valence-corrected chi connectivity index (χ3v) is 3.83. The summed E-state index contributed by atoms with van der Waals surface area (Å²) in [7, 11) is 1.94. The fourth-order valence-electron chi connectivity index (χ4n) is 2.85. The van der Waals surface area contributed by atoms with Crippen LogP contribution in [0.5, 0.6) is 5.75 Å². The molecule has 22 heavy (non-hydrogen) atoms. The number of carbonyl (C=O) groups is 1. The first-order valence-electron chi connectivity index (χ1n) is 7.34. The molecule has 1 heterocycles. The number of ether oxygens (including phenoxy) is 1. The highest BCUT2D eigenvalue weighted by atomic mass is 16.5. The second-order valence-corrected chi connectivity index (χ2v) is 5.26. The molecule has 0 atom stereocenters. The fraction of sp³-hybridized carbons (Fsp3) is 0.222. The molecule has 0 saturated heterocycles. The van der Waals surface area contributed by atoms with Crippen molar-refractivity contribution >= 4 is 27.8 Å². The summed E-state index contributed by atoms with van der Waals surface area (Å²) < 4.78 is 7.80. The van der Waals surface area contributed by atoms with Crippen molar-refractivity contribution in [3.05, 3.63) is 48.0 Å². The van der Waals surface area contributed by atoms with Crippen molar-refractivity contribution in [3.63, 3.8) is 0 Å².